The molecule has 0 unspecified atom stereocenters. The number of hydrogen-bond donors (Lipinski definition) is 1. The Morgan fingerprint density at radius 3 is 2.41 bits per heavy atom. The van der Waals surface area contributed by atoms with E-state index in [2.05, 4.69) is 46.2 Å². The molecule has 1 N–H and O–H groups in total. The van der Waals surface area contributed by atoms with Gasteiger partial charge in [0.15, 0.2) is 0 Å². The van der Waals surface area contributed by atoms with Crippen LogP contribution in [0.2, 0.25) is 0 Å². The third-order valence-electron chi connectivity index (χ3n) is 6.31. The Balaban J connectivity index is 1.34. The number of hydrogen-bond acceptors (Lipinski definition) is 3. The highest BCUT2D eigenvalue weighted by atomic mass is 16.5. The molecule has 144 valence electrons. The van der Waals surface area contributed by atoms with Gasteiger partial charge in [-0.15, -0.1) is 0 Å². The summed E-state index contributed by atoms with van der Waals surface area (Å²) in [6.45, 7) is 1.13. The number of rotatable bonds is 4. The van der Waals surface area contributed by atoms with Crippen LogP contribution in [0.5, 0.6) is 11.5 Å². The third-order valence-corrected chi connectivity index (χ3v) is 6.31. The van der Waals surface area contributed by atoms with Crippen LogP contribution in [0.4, 0.5) is 0 Å². The molecule has 1 saturated heterocycles. The number of para-hydroxylation sites is 1. The van der Waals surface area contributed by atoms with E-state index in [1.807, 2.05) is 42.5 Å². The monoisotopic (exact) mass is 381 g/mol. The lowest BCUT2D eigenvalue weighted by Crippen LogP contribution is -2.16. The summed E-state index contributed by atoms with van der Waals surface area (Å²) < 4.78 is 8.19. The van der Waals surface area contributed by atoms with E-state index in [1.165, 1.54) is 19.3 Å². The number of ether oxygens (including phenoxy) is 1. The Labute approximate surface area is 170 Å². The Morgan fingerprint density at radius 2 is 1.66 bits per heavy atom. The molecule has 1 aliphatic heterocycles. The second kappa shape index (κ2) is 6.46. The third kappa shape index (κ3) is 3.00. The quantitative estimate of drug-likeness (QED) is 0.499. The van der Waals surface area contributed by atoms with Gasteiger partial charge in [0.2, 0.25) is 0 Å². The largest absolute Gasteiger partial charge is 0.457 e. The predicted molar refractivity (Wildman–Crippen MR) is 114 cm³/mol. The molecule has 0 bridgehead atoms. The van der Waals surface area contributed by atoms with Crippen LogP contribution in [0.1, 0.15) is 31.1 Å². The van der Waals surface area contributed by atoms with Gasteiger partial charge in [-0.25, -0.2) is 4.98 Å². The Bertz CT molecular complexity index is 1160. The first-order valence-corrected chi connectivity index (χ1v) is 10.3. The van der Waals surface area contributed by atoms with E-state index in [0.717, 1.165) is 40.6 Å². The van der Waals surface area contributed by atoms with Crippen LogP contribution in [-0.4, -0.2) is 15.9 Å². The first-order chi connectivity index (χ1) is 14.3. The van der Waals surface area contributed by atoms with Crippen molar-refractivity contribution in [2.45, 2.75) is 25.3 Å². The summed E-state index contributed by atoms with van der Waals surface area (Å²) >= 11 is 0. The Hall–Kier alpha value is -3.11. The summed E-state index contributed by atoms with van der Waals surface area (Å²) in [4.78, 5) is 5.11. The molecule has 4 nitrogen and oxygen atoms in total. The summed E-state index contributed by atoms with van der Waals surface area (Å²) in [5, 5.41) is 3.72. The molecular formula is C25H23N3O. The molecule has 1 spiro atoms. The lowest BCUT2D eigenvalue weighted by Gasteiger charge is -2.09. The van der Waals surface area contributed by atoms with Gasteiger partial charge in [0.25, 0.3) is 0 Å². The maximum absolute atomic E-state index is 5.94. The lowest BCUT2D eigenvalue weighted by atomic mass is 10.0. The zero-order chi connectivity index (χ0) is 19.3. The van der Waals surface area contributed by atoms with Crippen molar-refractivity contribution in [3.05, 3.63) is 84.8 Å². The number of imidazole rings is 1. The minimum atomic E-state index is 0.335. The van der Waals surface area contributed by atoms with Crippen molar-refractivity contribution in [1.82, 2.24) is 14.7 Å². The van der Waals surface area contributed by atoms with Gasteiger partial charge in [-0.1, -0.05) is 24.3 Å². The molecule has 2 fully saturated rings. The van der Waals surface area contributed by atoms with Gasteiger partial charge >= 0.3 is 0 Å². The number of nitrogens with zero attached hydrogens (tertiary/aromatic N) is 2. The number of nitrogens with one attached hydrogen (secondary N) is 1. The molecule has 29 heavy (non-hydrogen) atoms. The minimum Gasteiger partial charge on any atom is -0.457 e. The van der Waals surface area contributed by atoms with Crippen LogP contribution in [0.15, 0.2) is 79.0 Å². The number of fused-ring (bicyclic) bond motifs is 1. The summed E-state index contributed by atoms with van der Waals surface area (Å²) in [5.41, 5.74) is 3.84. The van der Waals surface area contributed by atoms with E-state index in [9.17, 15) is 0 Å². The number of pyridine rings is 1. The zero-order valence-electron chi connectivity index (χ0n) is 16.2. The van der Waals surface area contributed by atoms with Gasteiger partial charge < -0.3 is 14.5 Å². The second-order valence-corrected chi connectivity index (χ2v) is 8.35. The topological polar surface area (TPSA) is 38.6 Å². The Morgan fingerprint density at radius 1 is 0.897 bits per heavy atom. The molecule has 2 aromatic carbocycles. The van der Waals surface area contributed by atoms with Gasteiger partial charge in [-0.3, -0.25) is 0 Å². The van der Waals surface area contributed by atoms with Crippen molar-refractivity contribution in [3.63, 3.8) is 0 Å². The van der Waals surface area contributed by atoms with Gasteiger partial charge in [0.1, 0.15) is 17.3 Å². The van der Waals surface area contributed by atoms with Crippen LogP contribution >= 0.6 is 0 Å². The van der Waals surface area contributed by atoms with Crippen molar-refractivity contribution in [2.24, 2.45) is 5.41 Å². The number of aromatic nitrogens is 2. The summed E-state index contributed by atoms with van der Waals surface area (Å²) in [6, 6.07) is 24.8. The van der Waals surface area contributed by atoms with Crippen LogP contribution < -0.4 is 10.1 Å². The first-order valence-electron chi connectivity index (χ1n) is 10.3. The van der Waals surface area contributed by atoms with Gasteiger partial charge in [0.05, 0.1) is 17.3 Å². The van der Waals surface area contributed by atoms with E-state index in [-0.39, 0.29) is 0 Å². The van der Waals surface area contributed by atoms with Crippen molar-refractivity contribution in [2.75, 3.05) is 6.54 Å². The molecule has 1 saturated carbocycles. The molecule has 3 heterocycles. The fraction of sp³-hybridized carbons (Fsp3) is 0.240. The van der Waals surface area contributed by atoms with Crippen molar-refractivity contribution < 1.29 is 4.74 Å². The average Bonchev–Trinajstić information content (AvgIpc) is 3.23. The highest BCUT2D eigenvalue weighted by Gasteiger charge is 2.49. The molecule has 0 radical (unpaired) electrons. The summed E-state index contributed by atoms with van der Waals surface area (Å²) in [5.74, 6) is 2.80. The molecule has 2 aromatic heterocycles. The Kier molecular flexibility index (Phi) is 3.74. The van der Waals surface area contributed by atoms with Crippen molar-refractivity contribution in [3.8, 4) is 22.8 Å². The number of benzene rings is 2. The smallest absolute Gasteiger partial charge is 0.131 e. The standard InChI is InChI=1S/C25H23N3O/c1-2-6-19(7-3-1)29-20-11-9-18(10-12-20)23-22-8-4-5-15-28(22)24(27-23)21-16-25(13-14-25)17-26-21/h1-12,15,21,26H,13-14,16-17H2/t21-/m0/s1. The summed E-state index contributed by atoms with van der Waals surface area (Å²) in [6.07, 6.45) is 6.04. The van der Waals surface area contributed by atoms with E-state index < -0.39 is 0 Å². The molecule has 1 atom stereocenters. The highest BCUT2D eigenvalue weighted by Crippen LogP contribution is 2.54. The highest BCUT2D eigenvalue weighted by molar-refractivity contribution is 5.78. The molecule has 1 aliphatic carbocycles. The maximum Gasteiger partial charge on any atom is 0.131 e. The van der Waals surface area contributed by atoms with Crippen LogP contribution in [0.3, 0.4) is 0 Å². The van der Waals surface area contributed by atoms with E-state index >= 15 is 0 Å². The maximum atomic E-state index is 5.94. The fourth-order valence-electron chi connectivity index (χ4n) is 4.48. The summed E-state index contributed by atoms with van der Waals surface area (Å²) in [7, 11) is 0. The van der Waals surface area contributed by atoms with E-state index in [1.54, 1.807) is 0 Å². The minimum absolute atomic E-state index is 0.335. The zero-order valence-corrected chi connectivity index (χ0v) is 16.2. The molecule has 4 aromatic rings. The van der Waals surface area contributed by atoms with Crippen LogP contribution in [0.25, 0.3) is 16.8 Å². The first kappa shape index (κ1) is 16.8. The average molecular weight is 381 g/mol. The predicted octanol–water partition coefficient (Wildman–Crippen LogP) is 5.61. The van der Waals surface area contributed by atoms with Gasteiger partial charge in [0, 0.05) is 18.3 Å². The van der Waals surface area contributed by atoms with Gasteiger partial charge in [-0.05, 0) is 73.2 Å². The van der Waals surface area contributed by atoms with Crippen LogP contribution in [0, 0.1) is 5.41 Å². The van der Waals surface area contributed by atoms with E-state index in [4.69, 9.17) is 9.72 Å². The molecule has 4 heteroatoms. The van der Waals surface area contributed by atoms with Crippen molar-refractivity contribution in [1.29, 1.82) is 0 Å². The molecule has 0 amide bonds. The van der Waals surface area contributed by atoms with Crippen molar-refractivity contribution >= 4 is 5.52 Å². The molecular weight excluding hydrogens is 358 g/mol. The molecule has 6 rings (SSSR count). The lowest BCUT2D eigenvalue weighted by molar-refractivity contribution is 0.483. The van der Waals surface area contributed by atoms with E-state index in [0.29, 0.717) is 11.5 Å². The second-order valence-electron chi connectivity index (χ2n) is 8.35. The van der Waals surface area contributed by atoms with Gasteiger partial charge in [-0.2, -0.15) is 0 Å². The molecule has 2 aliphatic rings. The normalized spacial score (nSPS) is 19.7. The SMILES string of the molecule is c1ccc(Oc2ccc(-c3nc([C@@H]4CC5(CC5)CN4)n4ccccc34)cc2)cc1. The van der Waals surface area contributed by atoms with Crippen LogP contribution in [-0.2, 0) is 0 Å². The fourth-order valence-corrected chi connectivity index (χ4v) is 4.48.